The molecule has 0 saturated heterocycles. The van der Waals surface area contributed by atoms with Crippen molar-refractivity contribution in [1.29, 1.82) is 0 Å². The number of hydrogen-bond donors (Lipinski definition) is 1. The molecular weight excluding hydrogens is 480 g/mol. The number of fused-ring (bicyclic) bond motifs is 1. The lowest BCUT2D eigenvalue weighted by atomic mass is 10.1. The quantitative estimate of drug-likeness (QED) is 0.371. The number of nitrogens with one attached hydrogen (secondary N) is 1. The number of para-hydroxylation sites is 1. The largest absolute Gasteiger partial charge is 0.322 e. The Bertz CT molecular complexity index is 1400. The number of rotatable bonds is 4. The Balaban J connectivity index is 1.81. The first-order chi connectivity index (χ1) is 15.8. The predicted molar refractivity (Wildman–Crippen MR) is 136 cm³/mol. The fourth-order valence-electron chi connectivity index (χ4n) is 3.72. The summed E-state index contributed by atoms with van der Waals surface area (Å²) < 4.78 is 2.57. The van der Waals surface area contributed by atoms with Gasteiger partial charge in [-0.05, 0) is 74.4 Å². The van der Waals surface area contributed by atoms with Crippen molar-refractivity contribution in [1.82, 2.24) is 14.5 Å². The zero-order valence-corrected chi connectivity index (χ0v) is 20.6. The summed E-state index contributed by atoms with van der Waals surface area (Å²) in [4.78, 5) is 33.0. The number of halogens is 1. The highest BCUT2D eigenvalue weighted by Crippen LogP contribution is 2.25. The van der Waals surface area contributed by atoms with Crippen LogP contribution in [0.2, 0.25) is 0 Å². The van der Waals surface area contributed by atoms with Gasteiger partial charge in [0.05, 0.1) is 22.6 Å². The smallest absolute Gasteiger partial charge is 0.318 e. The van der Waals surface area contributed by atoms with Gasteiger partial charge in [-0.1, -0.05) is 40.2 Å². The van der Waals surface area contributed by atoms with Crippen LogP contribution in [0.15, 0.2) is 76.0 Å². The minimum Gasteiger partial charge on any atom is -0.318 e. The fourth-order valence-corrected chi connectivity index (χ4v) is 3.98. The molecule has 1 unspecified atom stereocenters. The predicted octanol–water partition coefficient (Wildman–Crippen LogP) is 5.99. The van der Waals surface area contributed by atoms with E-state index in [1.54, 1.807) is 22.6 Å². The molecule has 0 aliphatic rings. The minimum absolute atomic E-state index is 0.155. The van der Waals surface area contributed by atoms with E-state index >= 15 is 0 Å². The highest BCUT2D eigenvalue weighted by Gasteiger charge is 2.25. The maximum atomic E-state index is 13.6. The Morgan fingerprint density at radius 1 is 1.06 bits per heavy atom. The minimum atomic E-state index is -0.474. The molecule has 168 valence electrons. The Labute approximate surface area is 201 Å². The van der Waals surface area contributed by atoms with Crippen molar-refractivity contribution in [3.05, 3.63) is 98.5 Å². The molecule has 1 atom stereocenters. The van der Waals surface area contributed by atoms with Gasteiger partial charge in [0, 0.05) is 17.2 Å². The van der Waals surface area contributed by atoms with Crippen LogP contribution in [-0.2, 0) is 0 Å². The molecule has 0 spiro atoms. The number of anilines is 1. The van der Waals surface area contributed by atoms with E-state index < -0.39 is 6.04 Å². The molecule has 0 fully saturated rings. The highest BCUT2D eigenvalue weighted by atomic mass is 79.9. The number of carbonyl (C=O) groups excluding carboxylic acids is 1. The first-order valence-corrected chi connectivity index (χ1v) is 11.4. The summed E-state index contributed by atoms with van der Waals surface area (Å²) in [6.45, 7) is 5.83. The molecule has 1 aromatic heterocycles. The zero-order chi connectivity index (χ0) is 23.7. The van der Waals surface area contributed by atoms with E-state index in [2.05, 4.69) is 21.2 Å². The van der Waals surface area contributed by atoms with Crippen molar-refractivity contribution in [3.8, 4) is 5.69 Å². The molecule has 0 saturated carbocycles. The maximum absolute atomic E-state index is 13.6. The molecule has 0 aliphatic carbocycles. The Morgan fingerprint density at radius 2 is 1.76 bits per heavy atom. The molecule has 1 N–H and O–H groups in total. The average molecular weight is 505 g/mol. The van der Waals surface area contributed by atoms with Crippen LogP contribution in [0.3, 0.4) is 0 Å². The standard InChI is InChI=1S/C26H25BrN4O2/c1-16-9-10-17(2)23(15-16)31-24(29-22-8-6-5-7-21(22)25(31)32)18(3)30(4)26(33)28-20-13-11-19(27)12-14-20/h5-15,18H,1-4H3,(H,28,33). The van der Waals surface area contributed by atoms with E-state index in [9.17, 15) is 9.59 Å². The molecule has 3 aromatic carbocycles. The van der Waals surface area contributed by atoms with Crippen molar-refractivity contribution < 1.29 is 4.79 Å². The van der Waals surface area contributed by atoms with Gasteiger partial charge in [0.15, 0.2) is 0 Å². The van der Waals surface area contributed by atoms with Crippen LogP contribution in [0.5, 0.6) is 0 Å². The number of urea groups is 1. The molecule has 7 heteroatoms. The van der Waals surface area contributed by atoms with Crippen molar-refractivity contribution in [3.63, 3.8) is 0 Å². The lowest BCUT2D eigenvalue weighted by molar-refractivity contribution is 0.205. The molecule has 33 heavy (non-hydrogen) atoms. The van der Waals surface area contributed by atoms with Crippen LogP contribution in [0.25, 0.3) is 16.6 Å². The number of hydrogen-bond acceptors (Lipinski definition) is 3. The molecule has 0 aliphatic heterocycles. The van der Waals surface area contributed by atoms with Gasteiger partial charge in [-0.25, -0.2) is 9.78 Å². The van der Waals surface area contributed by atoms with Crippen molar-refractivity contribution in [2.45, 2.75) is 26.8 Å². The summed E-state index contributed by atoms with van der Waals surface area (Å²) in [6, 6.07) is 19.9. The summed E-state index contributed by atoms with van der Waals surface area (Å²) in [5.74, 6) is 0.501. The van der Waals surface area contributed by atoms with Crippen molar-refractivity contribution >= 4 is 38.6 Å². The second kappa shape index (κ2) is 9.19. The molecule has 6 nitrogen and oxygen atoms in total. The summed E-state index contributed by atoms with van der Waals surface area (Å²) in [5.41, 5.74) is 3.89. The van der Waals surface area contributed by atoms with E-state index in [0.29, 0.717) is 22.4 Å². The molecule has 0 radical (unpaired) electrons. The van der Waals surface area contributed by atoms with Gasteiger partial charge < -0.3 is 10.2 Å². The number of carbonyl (C=O) groups is 1. The topological polar surface area (TPSA) is 67.2 Å². The number of nitrogens with zero attached hydrogens (tertiary/aromatic N) is 3. The Hall–Kier alpha value is -3.45. The van der Waals surface area contributed by atoms with E-state index in [-0.39, 0.29) is 11.6 Å². The summed E-state index contributed by atoms with van der Waals surface area (Å²) in [6.07, 6.45) is 0. The summed E-state index contributed by atoms with van der Waals surface area (Å²) in [7, 11) is 1.70. The summed E-state index contributed by atoms with van der Waals surface area (Å²) in [5, 5.41) is 3.44. The molecule has 0 bridgehead atoms. The third-order valence-corrected chi connectivity index (χ3v) is 6.31. The number of aryl methyl sites for hydroxylation is 2. The highest BCUT2D eigenvalue weighted by molar-refractivity contribution is 9.10. The number of amides is 2. The van der Waals surface area contributed by atoms with E-state index in [0.717, 1.165) is 21.3 Å². The maximum Gasteiger partial charge on any atom is 0.322 e. The van der Waals surface area contributed by atoms with Crippen LogP contribution >= 0.6 is 15.9 Å². The van der Waals surface area contributed by atoms with Crippen LogP contribution in [-0.4, -0.2) is 27.5 Å². The average Bonchev–Trinajstić information content (AvgIpc) is 2.81. The van der Waals surface area contributed by atoms with Crippen molar-refractivity contribution in [2.24, 2.45) is 0 Å². The lowest BCUT2D eigenvalue weighted by Gasteiger charge is -2.27. The summed E-state index contributed by atoms with van der Waals surface area (Å²) >= 11 is 3.40. The van der Waals surface area contributed by atoms with Crippen LogP contribution < -0.4 is 10.9 Å². The zero-order valence-electron chi connectivity index (χ0n) is 19.0. The van der Waals surface area contributed by atoms with Gasteiger partial charge in [-0.3, -0.25) is 9.36 Å². The van der Waals surface area contributed by atoms with Crippen LogP contribution in [0.1, 0.15) is 29.9 Å². The lowest BCUT2D eigenvalue weighted by Crippen LogP contribution is -2.37. The second-order valence-electron chi connectivity index (χ2n) is 8.14. The second-order valence-corrected chi connectivity index (χ2v) is 9.06. The SMILES string of the molecule is Cc1ccc(C)c(-n2c(C(C)N(C)C(=O)Nc3ccc(Br)cc3)nc3ccccc3c2=O)c1. The monoisotopic (exact) mass is 504 g/mol. The van der Waals surface area contributed by atoms with Gasteiger partial charge in [0.2, 0.25) is 0 Å². The van der Waals surface area contributed by atoms with Gasteiger partial charge in [0.1, 0.15) is 5.82 Å². The third-order valence-electron chi connectivity index (χ3n) is 5.78. The van der Waals surface area contributed by atoms with Crippen LogP contribution in [0.4, 0.5) is 10.5 Å². The van der Waals surface area contributed by atoms with Crippen LogP contribution in [0, 0.1) is 13.8 Å². The first kappa shape index (κ1) is 22.7. The molecule has 2 amide bonds. The van der Waals surface area contributed by atoms with Gasteiger partial charge >= 0.3 is 6.03 Å². The molecule has 1 heterocycles. The number of benzene rings is 3. The Morgan fingerprint density at radius 3 is 2.48 bits per heavy atom. The normalized spacial score (nSPS) is 11.9. The van der Waals surface area contributed by atoms with E-state index in [1.165, 1.54) is 0 Å². The molecular formula is C26H25BrN4O2. The third kappa shape index (κ3) is 4.54. The fraction of sp³-hybridized carbons (Fsp3) is 0.192. The Kier molecular flexibility index (Phi) is 6.33. The van der Waals surface area contributed by atoms with E-state index in [1.807, 2.05) is 81.4 Å². The molecule has 4 rings (SSSR count). The number of aromatic nitrogens is 2. The molecule has 4 aromatic rings. The van der Waals surface area contributed by atoms with E-state index in [4.69, 9.17) is 4.98 Å². The van der Waals surface area contributed by atoms with Gasteiger partial charge in [-0.15, -0.1) is 0 Å². The van der Waals surface area contributed by atoms with Gasteiger partial charge in [-0.2, -0.15) is 0 Å². The van der Waals surface area contributed by atoms with Crippen molar-refractivity contribution in [2.75, 3.05) is 12.4 Å². The van der Waals surface area contributed by atoms with Gasteiger partial charge in [0.25, 0.3) is 5.56 Å². The first-order valence-electron chi connectivity index (χ1n) is 10.6.